The minimum absolute atomic E-state index is 0.682. The molecule has 0 aliphatic carbocycles. The summed E-state index contributed by atoms with van der Waals surface area (Å²) in [4.78, 5) is 6.05. The van der Waals surface area contributed by atoms with E-state index in [0.29, 0.717) is 6.04 Å². The molecule has 3 nitrogen and oxygen atoms in total. The molecule has 114 valence electrons. The summed E-state index contributed by atoms with van der Waals surface area (Å²) >= 11 is 0. The van der Waals surface area contributed by atoms with Gasteiger partial charge in [0.05, 0.1) is 0 Å². The van der Waals surface area contributed by atoms with Crippen molar-refractivity contribution in [2.45, 2.75) is 45.7 Å². The molecule has 0 amide bonds. The Bertz CT molecular complexity index is 581. The third-order valence-electron chi connectivity index (χ3n) is 4.75. The summed E-state index contributed by atoms with van der Waals surface area (Å²) in [5, 5.41) is 5.00. The first-order valence-electron chi connectivity index (χ1n) is 8.35. The minimum atomic E-state index is 0.682. The molecule has 1 aliphatic heterocycles. The van der Waals surface area contributed by atoms with E-state index in [-0.39, 0.29) is 0 Å². The van der Waals surface area contributed by atoms with Crippen molar-refractivity contribution >= 4 is 10.9 Å². The van der Waals surface area contributed by atoms with Gasteiger partial charge in [-0.15, -0.1) is 0 Å². The van der Waals surface area contributed by atoms with Crippen molar-refractivity contribution in [3.63, 3.8) is 0 Å². The number of nitrogens with zero attached hydrogens (tertiary/aromatic N) is 1. The summed E-state index contributed by atoms with van der Waals surface area (Å²) in [6, 6.07) is 7.35. The maximum Gasteiger partial charge on any atom is 0.0489 e. The van der Waals surface area contributed by atoms with Crippen LogP contribution >= 0.6 is 0 Å². The molecule has 3 rings (SSSR count). The highest BCUT2D eigenvalue weighted by Crippen LogP contribution is 2.23. The first-order valence-corrected chi connectivity index (χ1v) is 8.35. The number of aromatic nitrogens is 1. The van der Waals surface area contributed by atoms with Crippen LogP contribution in [0, 0.1) is 0 Å². The predicted octanol–water partition coefficient (Wildman–Crippen LogP) is 3.30. The van der Waals surface area contributed by atoms with Crippen LogP contribution < -0.4 is 5.32 Å². The maximum absolute atomic E-state index is 3.61. The third kappa shape index (κ3) is 3.14. The van der Waals surface area contributed by atoms with Gasteiger partial charge in [-0.2, -0.15) is 0 Å². The topological polar surface area (TPSA) is 31.1 Å². The summed E-state index contributed by atoms with van der Waals surface area (Å²) in [5.41, 5.74) is 4.17. The molecular formula is C18H27N3. The standard InChI is InChI=1S/C18H27N3/c1-3-14-7-5-9-17-15(11-20-18(14)17)12-21(4-2)13-16-8-6-10-19-16/h5,7,9,11,16,19-20H,3-4,6,8,10,12-13H2,1-2H3. The van der Waals surface area contributed by atoms with Crippen LogP contribution in [0.4, 0.5) is 0 Å². The number of para-hydroxylation sites is 1. The van der Waals surface area contributed by atoms with Crippen molar-refractivity contribution in [2.24, 2.45) is 0 Å². The van der Waals surface area contributed by atoms with Crippen molar-refractivity contribution in [3.8, 4) is 0 Å². The van der Waals surface area contributed by atoms with Gasteiger partial charge in [0.15, 0.2) is 0 Å². The number of fused-ring (bicyclic) bond motifs is 1. The van der Waals surface area contributed by atoms with Crippen molar-refractivity contribution in [1.29, 1.82) is 0 Å². The number of hydrogen-bond acceptors (Lipinski definition) is 2. The largest absolute Gasteiger partial charge is 0.361 e. The molecule has 21 heavy (non-hydrogen) atoms. The van der Waals surface area contributed by atoms with Crippen LogP contribution in [0.5, 0.6) is 0 Å². The molecule has 2 heterocycles. The summed E-state index contributed by atoms with van der Waals surface area (Å²) in [7, 11) is 0. The number of rotatable bonds is 6. The zero-order valence-electron chi connectivity index (χ0n) is 13.3. The van der Waals surface area contributed by atoms with Crippen LogP contribution in [-0.4, -0.2) is 35.6 Å². The second kappa shape index (κ2) is 6.63. The quantitative estimate of drug-likeness (QED) is 0.853. The van der Waals surface area contributed by atoms with E-state index >= 15 is 0 Å². The molecule has 2 N–H and O–H groups in total. The third-order valence-corrected chi connectivity index (χ3v) is 4.75. The molecule has 1 aromatic carbocycles. The monoisotopic (exact) mass is 285 g/mol. The van der Waals surface area contributed by atoms with Crippen LogP contribution in [0.2, 0.25) is 0 Å². The normalized spacial score (nSPS) is 18.9. The number of likely N-dealkylation sites (N-methyl/N-ethyl adjacent to an activating group) is 1. The summed E-state index contributed by atoms with van der Waals surface area (Å²) < 4.78 is 0. The van der Waals surface area contributed by atoms with E-state index in [2.05, 4.69) is 53.4 Å². The molecule has 2 aromatic rings. The molecule has 1 unspecified atom stereocenters. The first kappa shape index (κ1) is 14.6. The molecular weight excluding hydrogens is 258 g/mol. The second-order valence-electron chi connectivity index (χ2n) is 6.13. The van der Waals surface area contributed by atoms with Crippen LogP contribution in [0.25, 0.3) is 10.9 Å². The highest BCUT2D eigenvalue weighted by Gasteiger charge is 2.18. The van der Waals surface area contributed by atoms with E-state index in [0.717, 1.165) is 26.1 Å². The van der Waals surface area contributed by atoms with E-state index < -0.39 is 0 Å². The summed E-state index contributed by atoms with van der Waals surface area (Å²) in [5.74, 6) is 0. The van der Waals surface area contributed by atoms with Gasteiger partial charge >= 0.3 is 0 Å². The Morgan fingerprint density at radius 3 is 2.86 bits per heavy atom. The summed E-state index contributed by atoms with van der Waals surface area (Å²) in [6.45, 7) is 8.99. The molecule has 0 spiro atoms. The average molecular weight is 285 g/mol. The average Bonchev–Trinajstić information content (AvgIpc) is 3.16. The molecule has 3 heteroatoms. The van der Waals surface area contributed by atoms with Gasteiger partial charge in [-0.25, -0.2) is 0 Å². The molecule has 1 aliphatic rings. The highest BCUT2D eigenvalue weighted by atomic mass is 15.1. The lowest BCUT2D eigenvalue weighted by Gasteiger charge is -2.24. The fourth-order valence-corrected chi connectivity index (χ4v) is 3.47. The van der Waals surface area contributed by atoms with E-state index in [1.54, 1.807) is 0 Å². The van der Waals surface area contributed by atoms with Gasteiger partial charge in [0.2, 0.25) is 0 Å². The lowest BCUT2D eigenvalue weighted by molar-refractivity contribution is 0.254. The van der Waals surface area contributed by atoms with Crippen molar-refractivity contribution in [2.75, 3.05) is 19.6 Å². The number of H-pyrrole nitrogens is 1. The lowest BCUT2D eigenvalue weighted by atomic mass is 10.1. The van der Waals surface area contributed by atoms with Gasteiger partial charge in [0.1, 0.15) is 0 Å². The predicted molar refractivity (Wildman–Crippen MR) is 89.7 cm³/mol. The van der Waals surface area contributed by atoms with Crippen LogP contribution in [-0.2, 0) is 13.0 Å². The Balaban J connectivity index is 1.76. The fourth-order valence-electron chi connectivity index (χ4n) is 3.47. The second-order valence-corrected chi connectivity index (χ2v) is 6.13. The van der Waals surface area contributed by atoms with Gasteiger partial charge in [-0.1, -0.05) is 32.0 Å². The fraction of sp³-hybridized carbons (Fsp3) is 0.556. The van der Waals surface area contributed by atoms with Crippen molar-refractivity contribution in [3.05, 3.63) is 35.5 Å². The van der Waals surface area contributed by atoms with E-state index in [1.807, 2.05) is 0 Å². The van der Waals surface area contributed by atoms with Crippen LogP contribution in [0.3, 0.4) is 0 Å². The van der Waals surface area contributed by atoms with Crippen LogP contribution in [0.1, 0.15) is 37.8 Å². The number of aryl methyl sites for hydroxylation is 1. The molecule has 0 bridgehead atoms. The SMILES string of the molecule is CCc1cccc2c(CN(CC)CC3CCCN3)c[nH]c12. The van der Waals surface area contributed by atoms with Gasteiger partial charge in [0, 0.05) is 36.2 Å². The Morgan fingerprint density at radius 2 is 2.14 bits per heavy atom. The molecule has 1 aromatic heterocycles. The van der Waals surface area contributed by atoms with Crippen LogP contribution in [0.15, 0.2) is 24.4 Å². The van der Waals surface area contributed by atoms with E-state index in [4.69, 9.17) is 0 Å². The summed E-state index contributed by atoms with van der Waals surface area (Å²) in [6.07, 6.45) is 5.94. The molecule has 0 saturated carbocycles. The van der Waals surface area contributed by atoms with Gasteiger partial charge < -0.3 is 10.3 Å². The minimum Gasteiger partial charge on any atom is -0.361 e. The zero-order chi connectivity index (χ0) is 14.7. The van der Waals surface area contributed by atoms with Crippen molar-refractivity contribution < 1.29 is 0 Å². The Labute approximate surface area is 127 Å². The lowest BCUT2D eigenvalue weighted by Crippen LogP contribution is -2.37. The zero-order valence-corrected chi connectivity index (χ0v) is 13.3. The van der Waals surface area contributed by atoms with Gasteiger partial charge in [-0.05, 0) is 43.5 Å². The van der Waals surface area contributed by atoms with E-state index in [9.17, 15) is 0 Å². The molecule has 0 radical (unpaired) electrons. The van der Waals surface area contributed by atoms with E-state index in [1.165, 1.54) is 41.4 Å². The maximum atomic E-state index is 3.61. The molecule has 1 atom stereocenters. The number of nitrogens with one attached hydrogen (secondary N) is 2. The Kier molecular flexibility index (Phi) is 4.61. The Morgan fingerprint density at radius 1 is 1.24 bits per heavy atom. The highest BCUT2D eigenvalue weighted by molar-refractivity contribution is 5.86. The Hall–Kier alpha value is -1.32. The number of benzene rings is 1. The number of aromatic amines is 1. The molecule has 1 saturated heterocycles. The first-order chi connectivity index (χ1) is 10.3. The molecule has 1 fully saturated rings. The smallest absolute Gasteiger partial charge is 0.0489 e. The van der Waals surface area contributed by atoms with Crippen molar-refractivity contribution in [1.82, 2.24) is 15.2 Å². The number of hydrogen-bond donors (Lipinski definition) is 2. The van der Waals surface area contributed by atoms with Gasteiger partial charge in [-0.3, -0.25) is 4.90 Å². The van der Waals surface area contributed by atoms with Gasteiger partial charge in [0.25, 0.3) is 0 Å².